The number of hydrogen-bond donors (Lipinski definition) is 0. The number of nitriles is 1. The normalized spacial score (nSPS) is 11.2. The Balaban J connectivity index is 2.15. The summed E-state index contributed by atoms with van der Waals surface area (Å²) in [5.74, 6) is 0.640. The topological polar surface area (TPSA) is 70.4 Å². The van der Waals surface area contributed by atoms with Gasteiger partial charge in [0.25, 0.3) is 0 Å². The van der Waals surface area contributed by atoms with Gasteiger partial charge in [-0.2, -0.15) is 9.57 Å². The molecule has 0 aliphatic heterocycles. The van der Waals surface area contributed by atoms with Gasteiger partial charge in [-0.25, -0.2) is 8.42 Å². The number of hydrogen-bond acceptors (Lipinski definition) is 4. The van der Waals surface area contributed by atoms with Gasteiger partial charge in [-0.1, -0.05) is 12.1 Å². The third-order valence-electron chi connectivity index (χ3n) is 3.33. The first-order valence-electron chi connectivity index (χ1n) is 7.15. The standard InChI is InChI=1S/C17H18N2O3S/c1-3-22-16-8-10-17(11-9-16)23(20,21)19(2)13-15-6-4-14(12-18)5-7-15/h4-11H,3,13H2,1-2H3. The maximum Gasteiger partial charge on any atom is 0.243 e. The summed E-state index contributed by atoms with van der Waals surface area (Å²) in [7, 11) is -2.04. The Kier molecular flexibility index (Phi) is 5.37. The van der Waals surface area contributed by atoms with Crippen molar-refractivity contribution >= 4 is 10.0 Å². The van der Waals surface area contributed by atoms with Gasteiger partial charge in [0.05, 0.1) is 23.1 Å². The lowest BCUT2D eigenvalue weighted by Gasteiger charge is -2.17. The van der Waals surface area contributed by atoms with E-state index in [-0.39, 0.29) is 11.4 Å². The lowest BCUT2D eigenvalue weighted by molar-refractivity contribution is 0.340. The van der Waals surface area contributed by atoms with Gasteiger partial charge in [-0.15, -0.1) is 0 Å². The van der Waals surface area contributed by atoms with Gasteiger partial charge in [-0.05, 0) is 48.9 Å². The van der Waals surface area contributed by atoms with E-state index in [0.717, 1.165) is 5.56 Å². The van der Waals surface area contributed by atoms with Crippen LogP contribution in [-0.4, -0.2) is 26.4 Å². The highest BCUT2D eigenvalue weighted by Crippen LogP contribution is 2.20. The maximum atomic E-state index is 12.6. The van der Waals surface area contributed by atoms with Gasteiger partial charge < -0.3 is 4.74 Å². The second-order valence-corrected chi connectivity index (χ2v) is 7.02. The SMILES string of the molecule is CCOc1ccc(S(=O)(=O)N(C)Cc2ccc(C#N)cc2)cc1. The van der Waals surface area contributed by atoms with E-state index < -0.39 is 10.0 Å². The van der Waals surface area contributed by atoms with Crippen LogP contribution in [0.1, 0.15) is 18.1 Å². The zero-order valence-electron chi connectivity index (χ0n) is 13.1. The Morgan fingerprint density at radius 1 is 1.09 bits per heavy atom. The van der Waals surface area contributed by atoms with E-state index >= 15 is 0 Å². The van der Waals surface area contributed by atoms with E-state index in [1.165, 1.54) is 23.5 Å². The van der Waals surface area contributed by atoms with Crippen LogP contribution in [0.3, 0.4) is 0 Å². The highest BCUT2D eigenvalue weighted by Gasteiger charge is 2.20. The smallest absolute Gasteiger partial charge is 0.243 e. The van der Waals surface area contributed by atoms with E-state index in [9.17, 15) is 8.42 Å². The lowest BCUT2D eigenvalue weighted by atomic mass is 10.1. The fourth-order valence-electron chi connectivity index (χ4n) is 2.08. The lowest BCUT2D eigenvalue weighted by Crippen LogP contribution is -2.26. The van der Waals surface area contributed by atoms with Crippen molar-refractivity contribution in [1.29, 1.82) is 5.26 Å². The van der Waals surface area contributed by atoms with Crippen LogP contribution in [0.5, 0.6) is 5.75 Å². The van der Waals surface area contributed by atoms with E-state index in [1.807, 2.05) is 13.0 Å². The molecule has 2 rings (SSSR count). The first-order valence-corrected chi connectivity index (χ1v) is 8.59. The Morgan fingerprint density at radius 3 is 2.22 bits per heavy atom. The van der Waals surface area contributed by atoms with Crippen LogP contribution in [-0.2, 0) is 16.6 Å². The first-order chi connectivity index (χ1) is 11.0. The molecule has 0 fully saturated rings. The largest absolute Gasteiger partial charge is 0.494 e. The third-order valence-corrected chi connectivity index (χ3v) is 5.15. The van der Waals surface area contributed by atoms with Crippen LogP contribution in [0.15, 0.2) is 53.4 Å². The Morgan fingerprint density at radius 2 is 1.70 bits per heavy atom. The summed E-state index contributed by atoms with van der Waals surface area (Å²) in [6.45, 7) is 2.64. The van der Waals surface area contributed by atoms with Crippen molar-refractivity contribution in [3.8, 4) is 11.8 Å². The van der Waals surface area contributed by atoms with Gasteiger partial charge in [-0.3, -0.25) is 0 Å². The van der Waals surface area contributed by atoms with Gasteiger partial charge in [0.15, 0.2) is 0 Å². The first kappa shape index (κ1) is 17.0. The molecule has 0 saturated heterocycles. The molecule has 120 valence electrons. The summed E-state index contributed by atoms with van der Waals surface area (Å²) >= 11 is 0. The molecular weight excluding hydrogens is 312 g/mol. The molecule has 0 aliphatic carbocycles. The second kappa shape index (κ2) is 7.27. The summed E-state index contributed by atoms with van der Waals surface area (Å²) in [5, 5.41) is 8.78. The van der Waals surface area contributed by atoms with Crippen LogP contribution in [0, 0.1) is 11.3 Å². The number of sulfonamides is 1. The molecule has 0 atom stereocenters. The quantitative estimate of drug-likeness (QED) is 0.816. The van der Waals surface area contributed by atoms with Gasteiger partial charge >= 0.3 is 0 Å². The molecular formula is C17H18N2O3S. The van der Waals surface area contributed by atoms with Crippen molar-refractivity contribution in [2.45, 2.75) is 18.4 Å². The third kappa shape index (κ3) is 4.09. The second-order valence-electron chi connectivity index (χ2n) is 4.97. The minimum atomic E-state index is -3.57. The summed E-state index contributed by atoms with van der Waals surface area (Å²) in [5.41, 5.74) is 1.37. The van der Waals surface area contributed by atoms with Crippen molar-refractivity contribution in [2.24, 2.45) is 0 Å². The van der Waals surface area contributed by atoms with Crippen LogP contribution in [0.4, 0.5) is 0 Å². The molecule has 0 heterocycles. The molecule has 6 heteroatoms. The summed E-state index contributed by atoms with van der Waals surface area (Å²) in [4.78, 5) is 0.220. The molecule has 5 nitrogen and oxygen atoms in total. The van der Waals surface area contributed by atoms with E-state index in [0.29, 0.717) is 17.9 Å². The molecule has 2 aromatic carbocycles. The molecule has 0 aliphatic rings. The molecule has 0 saturated carbocycles. The number of nitrogens with zero attached hydrogens (tertiary/aromatic N) is 2. The minimum Gasteiger partial charge on any atom is -0.494 e. The number of rotatable bonds is 6. The van der Waals surface area contributed by atoms with E-state index in [2.05, 4.69) is 0 Å². The van der Waals surface area contributed by atoms with E-state index in [4.69, 9.17) is 10.00 Å². The average molecular weight is 330 g/mol. The van der Waals surface area contributed by atoms with Gasteiger partial charge in [0.1, 0.15) is 5.75 Å². The molecule has 0 aromatic heterocycles. The summed E-state index contributed by atoms with van der Waals surface area (Å²) < 4.78 is 31.7. The van der Waals surface area contributed by atoms with Crippen molar-refractivity contribution in [3.63, 3.8) is 0 Å². The van der Waals surface area contributed by atoms with Crippen LogP contribution >= 0.6 is 0 Å². The zero-order chi connectivity index (χ0) is 16.9. The maximum absolute atomic E-state index is 12.6. The Labute approximate surface area is 136 Å². The molecule has 23 heavy (non-hydrogen) atoms. The zero-order valence-corrected chi connectivity index (χ0v) is 13.9. The highest BCUT2D eigenvalue weighted by molar-refractivity contribution is 7.89. The summed E-state index contributed by atoms with van der Waals surface area (Å²) in [6, 6.07) is 15.3. The van der Waals surface area contributed by atoms with Crippen molar-refractivity contribution in [3.05, 3.63) is 59.7 Å². The van der Waals surface area contributed by atoms with Crippen LogP contribution < -0.4 is 4.74 Å². The fraction of sp³-hybridized carbons (Fsp3) is 0.235. The van der Waals surface area contributed by atoms with E-state index in [1.54, 1.807) is 36.4 Å². The number of ether oxygens (including phenoxy) is 1. The van der Waals surface area contributed by atoms with Crippen LogP contribution in [0.2, 0.25) is 0 Å². The Hall–Kier alpha value is -2.36. The van der Waals surface area contributed by atoms with Gasteiger partial charge in [0, 0.05) is 13.6 Å². The minimum absolute atomic E-state index is 0.220. The monoisotopic (exact) mass is 330 g/mol. The van der Waals surface area contributed by atoms with Crippen LogP contribution in [0.25, 0.3) is 0 Å². The predicted octanol–water partition coefficient (Wildman–Crippen LogP) is 2.78. The molecule has 2 aromatic rings. The molecule has 0 N–H and O–H groups in total. The Bertz CT molecular complexity index is 791. The number of benzene rings is 2. The highest BCUT2D eigenvalue weighted by atomic mass is 32.2. The fourth-order valence-corrected chi connectivity index (χ4v) is 3.24. The predicted molar refractivity (Wildman–Crippen MR) is 87.4 cm³/mol. The molecule has 0 unspecified atom stereocenters. The summed E-state index contributed by atoms with van der Waals surface area (Å²) in [6.07, 6.45) is 0. The molecule has 0 spiro atoms. The molecule has 0 amide bonds. The van der Waals surface area contributed by atoms with Crippen molar-refractivity contribution < 1.29 is 13.2 Å². The molecule has 0 radical (unpaired) electrons. The van der Waals surface area contributed by atoms with Crippen molar-refractivity contribution in [1.82, 2.24) is 4.31 Å². The van der Waals surface area contributed by atoms with Gasteiger partial charge in [0.2, 0.25) is 10.0 Å². The van der Waals surface area contributed by atoms with Crippen molar-refractivity contribution in [2.75, 3.05) is 13.7 Å². The molecule has 0 bridgehead atoms. The average Bonchev–Trinajstić information content (AvgIpc) is 2.56.